The second-order valence-corrected chi connectivity index (χ2v) is 3.94. The normalized spacial score (nSPS) is 12.3. The number of hydrogen-bond donors (Lipinski definition) is 1. The van der Waals surface area contributed by atoms with Gasteiger partial charge in [-0.15, -0.1) is 0 Å². The molecule has 0 aliphatic heterocycles. The number of halogens is 2. The SMILES string of the molecule is COC(=O)[C@H](N)Cc1ccc(Br)c(F)c1. The predicted octanol–water partition coefficient (Wildman–Crippen LogP) is 1.63. The minimum Gasteiger partial charge on any atom is -0.468 e. The van der Waals surface area contributed by atoms with Crippen LogP contribution < -0.4 is 5.73 Å². The molecule has 0 aliphatic carbocycles. The van der Waals surface area contributed by atoms with Crippen LogP contribution in [0.5, 0.6) is 0 Å². The third-order valence-electron chi connectivity index (χ3n) is 1.94. The van der Waals surface area contributed by atoms with Crippen molar-refractivity contribution >= 4 is 21.9 Å². The molecule has 0 saturated carbocycles. The van der Waals surface area contributed by atoms with Crippen LogP contribution in [0.2, 0.25) is 0 Å². The summed E-state index contributed by atoms with van der Waals surface area (Å²) in [5, 5.41) is 0. The molecule has 5 heteroatoms. The Morgan fingerprint density at radius 1 is 1.67 bits per heavy atom. The number of rotatable bonds is 3. The van der Waals surface area contributed by atoms with Crippen LogP contribution in [-0.4, -0.2) is 19.1 Å². The molecular formula is C10H11BrFNO2. The first-order chi connectivity index (χ1) is 7.04. The molecule has 0 spiro atoms. The van der Waals surface area contributed by atoms with Gasteiger partial charge in [-0.3, -0.25) is 4.79 Å². The lowest BCUT2D eigenvalue weighted by molar-refractivity contribution is -0.142. The topological polar surface area (TPSA) is 52.3 Å². The predicted molar refractivity (Wildman–Crippen MR) is 57.8 cm³/mol. The molecule has 0 saturated heterocycles. The van der Waals surface area contributed by atoms with Gasteiger partial charge in [-0.05, 0) is 40.0 Å². The van der Waals surface area contributed by atoms with Crippen LogP contribution in [0.4, 0.5) is 4.39 Å². The molecular weight excluding hydrogens is 265 g/mol. The van der Waals surface area contributed by atoms with Crippen LogP contribution >= 0.6 is 15.9 Å². The van der Waals surface area contributed by atoms with Crippen molar-refractivity contribution in [1.29, 1.82) is 0 Å². The number of hydrogen-bond acceptors (Lipinski definition) is 3. The van der Waals surface area contributed by atoms with E-state index < -0.39 is 12.0 Å². The van der Waals surface area contributed by atoms with Gasteiger partial charge in [0.2, 0.25) is 0 Å². The smallest absolute Gasteiger partial charge is 0.322 e. The van der Waals surface area contributed by atoms with Crippen LogP contribution in [0, 0.1) is 5.82 Å². The van der Waals surface area contributed by atoms with Gasteiger partial charge >= 0.3 is 5.97 Å². The molecule has 82 valence electrons. The number of carbonyl (C=O) groups is 1. The van der Waals surface area contributed by atoms with E-state index in [0.717, 1.165) is 0 Å². The fraction of sp³-hybridized carbons (Fsp3) is 0.300. The number of methoxy groups -OCH3 is 1. The monoisotopic (exact) mass is 275 g/mol. The van der Waals surface area contributed by atoms with Gasteiger partial charge in [-0.25, -0.2) is 4.39 Å². The first-order valence-corrected chi connectivity index (χ1v) is 5.11. The Balaban J connectivity index is 2.73. The van der Waals surface area contributed by atoms with Crippen LogP contribution in [0.15, 0.2) is 22.7 Å². The van der Waals surface area contributed by atoms with E-state index in [-0.39, 0.29) is 12.2 Å². The van der Waals surface area contributed by atoms with Gasteiger partial charge in [0.25, 0.3) is 0 Å². The summed E-state index contributed by atoms with van der Waals surface area (Å²) >= 11 is 3.04. The zero-order valence-electron chi connectivity index (χ0n) is 8.17. The summed E-state index contributed by atoms with van der Waals surface area (Å²) < 4.78 is 18.0. The molecule has 0 bridgehead atoms. The van der Waals surface area contributed by atoms with Crippen LogP contribution in [0.3, 0.4) is 0 Å². The molecule has 0 fully saturated rings. The molecule has 0 heterocycles. The second-order valence-electron chi connectivity index (χ2n) is 3.08. The fourth-order valence-corrected chi connectivity index (χ4v) is 1.40. The van der Waals surface area contributed by atoms with E-state index in [4.69, 9.17) is 5.73 Å². The Hall–Kier alpha value is -0.940. The average molecular weight is 276 g/mol. The largest absolute Gasteiger partial charge is 0.468 e. The van der Waals surface area contributed by atoms with Crippen molar-refractivity contribution in [3.63, 3.8) is 0 Å². The van der Waals surface area contributed by atoms with Gasteiger partial charge in [-0.2, -0.15) is 0 Å². The van der Waals surface area contributed by atoms with Crippen molar-refractivity contribution in [2.75, 3.05) is 7.11 Å². The molecule has 0 unspecified atom stereocenters. The minimum atomic E-state index is -0.754. The van der Waals surface area contributed by atoms with Gasteiger partial charge in [0.15, 0.2) is 0 Å². The third-order valence-corrected chi connectivity index (χ3v) is 2.59. The highest BCUT2D eigenvalue weighted by molar-refractivity contribution is 9.10. The third kappa shape index (κ3) is 3.28. The quantitative estimate of drug-likeness (QED) is 0.854. The van der Waals surface area contributed by atoms with E-state index in [1.807, 2.05) is 0 Å². The van der Waals surface area contributed by atoms with E-state index in [9.17, 15) is 9.18 Å². The highest BCUT2D eigenvalue weighted by Gasteiger charge is 2.14. The van der Waals surface area contributed by atoms with Crippen LogP contribution in [-0.2, 0) is 16.0 Å². The second kappa shape index (κ2) is 5.23. The Kier molecular flexibility index (Phi) is 4.23. The lowest BCUT2D eigenvalue weighted by Crippen LogP contribution is -2.33. The van der Waals surface area contributed by atoms with E-state index in [2.05, 4.69) is 20.7 Å². The van der Waals surface area contributed by atoms with E-state index in [1.165, 1.54) is 13.2 Å². The molecule has 1 atom stereocenters. The highest BCUT2D eigenvalue weighted by atomic mass is 79.9. The van der Waals surface area contributed by atoms with Gasteiger partial charge in [0.05, 0.1) is 11.6 Å². The maximum Gasteiger partial charge on any atom is 0.322 e. The number of benzene rings is 1. The number of nitrogens with two attached hydrogens (primary N) is 1. The van der Waals surface area contributed by atoms with Crippen LogP contribution in [0.25, 0.3) is 0 Å². The van der Waals surface area contributed by atoms with E-state index >= 15 is 0 Å². The van der Waals surface area contributed by atoms with Crippen molar-refractivity contribution in [1.82, 2.24) is 0 Å². The van der Waals surface area contributed by atoms with Crippen molar-refractivity contribution in [3.05, 3.63) is 34.1 Å². The van der Waals surface area contributed by atoms with Gasteiger partial charge < -0.3 is 10.5 Å². The molecule has 0 aliphatic rings. The zero-order chi connectivity index (χ0) is 11.4. The van der Waals surface area contributed by atoms with E-state index in [0.29, 0.717) is 10.0 Å². The molecule has 1 aromatic rings. The summed E-state index contributed by atoms with van der Waals surface area (Å²) in [5.41, 5.74) is 6.20. The standard InChI is InChI=1S/C10H11BrFNO2/c1-15-10(14)9(13)5-6-2-3-7(11)8(12)4-6/h2-4,9H,5,13H2,1H3/t9-/m1/s1. The maximum absolute atomic E-state index is 13.1. The van der Waals surface area contributed by atoms with Crippen molar-refractivity contribution in [2.24, 2.45) is 5.73 Å². The summed E-state index contributed by atoms with van der Waals surface area (Å²) in [6.45, 7) is 0. The summed E-state index contributed by atoms with van der Waals surface area (Å²) in [5.74, 6) is -0.872. The Morgan fingerprint density at radius 2 is 2.33 bits per heavy atom. The lowest BCUT2D eigenvalue weighted by atomic mass is 10.1. The highest BCUT2D eigenvalue weighted by Crippen LogP contribution is 2.17. The Labute approximate surface area is 95.5 Å². The summed E-state index contributed by atoms with van der Waals surface area (Å²) in [6, 6.07) is 3.87. The first-order valence-electron chi connectivity index (χ1n) is 4.32. The number of carbonyl (C=O) groups excluding carboxylic acids is 1. The zero-order valence-corrected chi connectivity index (χ0v) is 9.75. The number of ether oxygens (including phenoxy) is 1. The lowest BCUT2D eigenvalue weighted by Gasteiger charge is -2.09. The summed E-state index contributed by atoms with van der Waals surface area (Å²) in [7, 11) is 1.27. The number of esters is 1. The first kappa shape index (κ1) is 12.1. The van der Waals surface area contributed by atoms with Gasteiger partial charge in [0, 0.05) is 0 Å². The average Bonchev–Trinajstić information content (AvgIpc) is 2.22. The molecule has 15 heavy (non-hydrogen) atoms. The molecule has 1 aromatic carbocycles. The molecule has 1 rings (SSSR count). The van der Waals surface area contributed by atoms with Crippen molar-refractivity contribution < 1.29 is 13.9 Å². The van der Waals surface area contributed by atoms with Crippen molar-refractivity contribution in [3.8, 4) is 0 Å². The van der Waals surface area contributed by atoms with Crippen LogP contribution in [0.1, 0.15) is 5.56 Å². The fourth-order valence-electron chi connectivity index (χ4n) is 1.16. The Bertz CT molecular complexity index is 370. The van der Waals surface area contributed by atoms with Gasteiger partial charge in [0.1, 0.15) is 11.9 Å². The molecule has 0 radical (unpaired) electrons. The van der Waals surface area contributed by atoms with E-state index in [1.54, 1.807) is 12.1 Å². The summed E-state index contributed by atoms with van der Waals surface area (Å²) in [6.07, 6.45) is 0.261. The van der Waals surface area contributed by atoms with Crippen molar-refractivity contribution in [2.45, 2.75) is 12.5 Å². The Morgan fingerprint density at radius 3 is 2.87 bits per heavy atom. The molecule has 2 N–H and O–H groups in total. The van der Waals surface area contributed by atoms with Gasteiger partial charge in [-0.1, -0.05) is 6.07 Å². The molecule has 3 nitrogen and oxygen atoms in total. The molecule has 0 amide bonds. The minimum absolute atomic E-state index is 0.261. The maximum atomic E-state index is 13.1. The summed E-state index contributed by atoms with van der Waals surface area (Å²) in [4.78, 5) is 11.0. The molecule has 0 aromatic heterocycles.